The van der Waals surface area contributed by atoms with Crippen LogP contribution in [0.4, 0.5) is 0 Å². The van der Waals surface area contributed by atoms with Crippen molar-refractivity contribution in [1.82, 2.24) is 0 Å². The molecule has 0 saturated heterocycles. The van der Waals surface area contributed by atoms with Gasteiger partial charge >= 0.3 is 0 Å². The number of fused-ring (bicyclic) bond motifs is 1. The molecule has 1 heterocycles. The average Bonchev–Trinajstić information content (AvgIpc) is 2.81. The fourth-order valence-corrected chi connectivity index (χ4v) is 3.02. The number of phenolic OH excluding ortho intramolecular Hbond substituents is 1. The number of hydrogen-bond donors (Lipinski definition) is 1. The van der Waals surface area contributed by atoms with Crippen LogP contribution in [0.2, 0.25) is 0 Å². The van der Waals surface area contributed by atoms with Crippen molar-refractivity contribution in [2.24, 2.45) is 0 Å². The molecule has 0 unspecified atom stereocenters. The molecule has 0 radical (unpaired) electrons. The second-order valence-corrected chi connectivity index (χ2v) is 5.15. The number of ether oxygens (including phenoxy) is 1. The number of methoxy groups -OCH3 is 1. The topological polar surface area (TPSA) is 29.5 Å². The molecule has 18 heavy (non-hydrogen) atoms. The monoisotopic (exact) mass is 256 g/mol. The van der Waals surface area contributed by atoms with Gasteiger partial charge in [-0.1, -0.05) is 0 Å². The van der Waals surface area contributed by atoms with E-state index < -0.39 is 0 Å². The van der Waals surface area contributed by atoms with Gasteiger partial charge in [-0.05, 0) is 59.5 Å². The molecule has 2 nitrogen and oxygen atoms in total. The largest absolute Gasteiger partial charge is 0.508 e. The number of aromatic hydroxyl groups is 1. The second-order valence-electron chi connectivity index (χ2n) is 4.06. The highest BCUT2D eigenvalue weighted by atomic mass is 32.1. The Kier molecular flexibility index (Phi) is 2.68. The number of hydrogen-bond acceptors (Lipinski definition) is 3. The van der Waals surface area contributed by atoms with Gasteiger partial charge in [0.2, 0.25) is 0 Å². The molecule has 0 aliphatic rings. The minimum Gasteiger partial charge on any atom is -0.508 e. The third-order valence-electron chi connectivity index (χ3n) is 2.88. The molecule has 2 aromatic carbocycles. The van der Waals surface area contributed by atoms with E-state index in [0.717, 1.165) is 21.4 Å². The summed E-state index contributed by atoms with van der Waals surface area (Å²) in [7, 11) is 1.66. The van der Waals surface area contributed by atoms with E-state index in [2.05, 4.69) is 6.07 Å². The first-order valence-corrected chi connectivity index (χ1v) is 6.45. The van der Waals surface area contributed by atoms with Gasteiger partial charge in [0.05, 0.1) is 7.11 Å². The molecule has 1 N–H and O–H groups in total. The Labute approximate surface area is 109 Å². The maximum Gasteiger partial charge on any atom is 0.118 e. The predicted molar refractivity (Wildman–Crippen MR) is 75.5 cm³/mol. The van der Waals surface area contributed by atoms with Crippen LogP contribution in [0.25, 0.3) is 20.5 Å². The molecular formula is C15H12O2S. The molecule has 0 aliphatic carbocycles. The Morgan fingerprint density at radius 1 is 1.00 bits per heavy atom. The van der Waals surface area contributed by atoms with E-state index in [-0.39, 0.29) is 0 Å². The van der Waals surface area contributed by atoms with Crippen molar-refractivity contribution < 1.29 is 9.84 Å². The fourth-order valence-electron chi connectivity index (χ4n) is 1.92. The lowest BCUT2D eigenvalue weighted by molar-refractivity contribution is 0.415. The zero-order valence-corrected chi connectivity index (χ0v) is 10.7. The second kappa shape index (κ2) is 4.35. The summed E-state index contributed by atoms with van der Waals surface area (Å²) in [6.07, 6.45) is 0. The zero-order chi connectivity index (χ0) is 12.5. The van der Waals surface area contributed by atoms with E-state index in [1.165, 1.54) is 4.88 Å². The minimum atomic E-state index is 0.311. The van der Waals surface area contributed by atoms with Gasteiger partial charge in [0.1, 0.15) is 11.5 Å². The summed E-state index contributed by atoms with van der Waals surface area (Å²) in [6.45, 7) is 0. The predicted octanol–water partition coefficient (Wildman–Crippen LogP) is 4.28. The van der Waals surface area contributed by atoms with Gasteiger partial charge in [-0.3, -0.25) is 0 Å². The Hall–Kier alpha value is -2.00. The summed E-state index contributed by atoms with van der Waals surface area (Å²) in [5, 5.41) is 10.6. The summed E-state index contributed by atoms with van der Waals surface area (Å²) in [5.41, 5.74) is 1.16. The van der Waals surface area contributed by atoms with Crippen LogP contribution in [0.5, 0.6) is 11.5 Å². The van der Waals surface area contributed by atoms with Crippen molar-refractivity contribution in [1.29, 1.82) is 0 Å². The minimum absolute atomic E-state index is 0.311. The Morgan fingerprint density at radius 2 is 1.78 bits per heavy atom. The maximum absolute atomic E-state index is 9.47. The van der Waals surface area contributed by atoms with E-state index in [1.807, 2.05) is 30.3 Å². The van der Waals surface area contributed by atoms with E-state index in [9.17, 15) is 5.11 Å². The van der Waals surface area contributed by atoms with Crippen LogP contribution in [0.15, 0.2) is 48.5 Å². The van der Waals surface area contributed by atoms with Crippen LogP contribution in [0.1, 0.15) is 0 Å². The quantitative estimate of drug-likeness (QED) is 0.741. The van der Waals surface area contributed by atoms with Crippen molar-refractivity contribution in [3.8, 4) is 21.9 Å². The highest BCUT2D eigenvalue weighted by Crippen LogP contribution is 2.35. The lowest BCUT2D eigenvalue weighted by Crippen LogP contribution is -1.81. The molecule has 1 aromatic heterocycles. The molecule has 3 aromatic rings. The SMILES string of the molecule is COc1ccc(-c2cc3ccc(O)cc3s2)cc1. The third-order valence-corrected chi connectivity index (χ3v) is 4.03. The van der Waals surface area contributed by atoms with Gasteiger partial charge in [-0.25, -0.2) is 0 Å². The van der Waals surface area contributed by atoms with Crippen LogP contribution in [-0.4, -0.2) is 12.2 Å². The molecular weight excluding hydrogens is 244 g/mol. The van der Waals surface area contributed by atoms with Crippen molar-refractivity contribution >= 4 is 21.4 Å². The van der Waals surface area contributed by atoms with Crippen molar-refractivity contribution in [3.63, 3.8) is 0 Å². The highest BCUT2D eigenvalue weighted by Gasteiger charge is 2.05. The molecule has 3 heteroatoms. The van der Waals surface area contributed by atoms with Crippen molar-refractivity contribution in [2.75, 3.05) is 7.11 Å². The summed E-state index contributed by atoms with van der Waals surface area (Å²) in [5.74, 6) is 1.17. The van der Waals surface area contributed by atoms with Crippen LogP contribution < -0.4 is 4.74 Å². The van der Waals surface area contributed by atoms with E-state index >= 15 is 0 Å². The molecule has 0 spiro atoms. The molecule has 0 amide bonds. The lowest BCUT2D eigenvalue weighted by Gasteiger charge is -2.00. The average molecular weight is 256 g/mol. The summed E-state index contributed by atoms with van der Waals surface area (Å²) in [6, 6.07) is 15.6. The normalized spacial score (nSPS) is 10.7. The molecule has 0 bridgehead atoms. The maximum atomic E-state index is 9.47. The Bertz CT molecular complexity index is 683. The number of rotatable bonds is 2. The van der Waals surface area contributed by atoms with Gasteiger partial charge in [-0.2, -0.15) is 0 Å². The van der Waals surface area contributed by atoms with Crippen LogP contribution >= 0.6 is 11.3 Å². The van der Waals surface area contributed by atoms with E-state index in [4.69, 9.17) is 4.74 Å². The summed E-state index contributed by atoms with van der Waals surface area (Å²) >= 11 is 1.68. The zero-order valence-electron chi connectivity index (χ0n) is 9.88. The van der Waals surface area contributed by atoms with Crippen molar-refractivity contribution in [3.05, 3.63) is 48.5 Å². The first-order valence-electron chi connectivity index (χ1n) is 5.63. The smallest absolute Gasteiger partial charge is 0.118 e. The number of benzene rings is 2. The summed E-state index contributed by atoms with van der Waals surface area (Å²) in [4.78, 5) is 1.19. The summed E-state index contributed by atoms with van der Waals surface area (Å²) < 4.78 is 6.25. The highest BCUT2D eigenvalue weighted by molar-refractivity contribution is 7.22. The lowest BCUT2D eigenvalue weighted by atomic mass is 10.1. The molecule has 90 valence electrons. The first kappa shape index (κ1) is 11.1. The third kappa shape index (κ3) is 1.93. The Morgan fingerprint density at radius 3 is 2.50 bits per heavy atom. The number of phenols is 1. The molecule has 0 fully saturated rings. The van der Waals surface area contributed by atoms with Gasteiger partial charge in [0, 0.05) is 9.58 Å². The van der Waals surface area contributed by atoms with Crippen LogP contribution in [0, 0.1) is 0 Å². The standard InChI is InChI=1S/C15H12O2S/c1-17-13-6-3-10(4-7-13)14-8-11-2-5-12(16)9-15(11)18-14/h2-9,16H,1H3. The first-order chi connectivity index (χ1) is 8.76. The van der Waals surface area contributed by atoms with Gasteiger partial charge in [0.15, 0.2) is 0 Å². The van der Waals surface area contributed by atoms with E-state index in [0.29, 0.717) is 5.75 Å². The van der Waals surface area contributed by atoms with Gasteiger partial charge in [0.25, 0.3) is 0 Å². The van der Waals surface area contributed by atoms with Gasteiger partial charge in [-0.15, -0.1) is 11.3 Å². The van der Waals surface area contributed by atoms with Crippen LogP contribution in [-0.2, 0) is 0 Å². The molecule has 0 atom stereocenters. The van der Waals surface area contributed by atoms with Gasteiger partial charge < -0.3 is 9.84 Å². The van der Waals surface area contributed by atoms with Crippen LogP contribution in [0.3, 0.4) is 0 Å². The van der Waals surface area contributed by atoms with E-state index in [1.54, 1.807) is 30.6 Å². The number of thiophene rings is 1. The fraction of sp³-hybridized carbons (Fsp3) is 0.0667. The molecule has 0 saturated carbocycles. The Balaban J connectivity index is 2.07. The molecule has 3 rings (SSSR count). The van der Waals surface area contributed by atoms with Crippen molar-refractivity contribution in [2.45, 2.75) is 0 Å². The molecule has 0 aliphatic heterocycles.